The molecule has 2 aromatic rings. The van der Waals surface area contributed by atoms with Gasteiger partial charge in [-0.3, -0.25) is 9.69 Å². The lowest BCUT2D eigenvalue weighted by atomic mass is 9.95. The largest absolute Gasteiger partial charge is 0.480 e. The molecule has 3 rings (SSSR count). The molecule has 0 aromatic heterocycles. The van der Waals surface area contributed by atoms with E-state index in [4.69, 9.17) is 0 Å². The van der Waals surface area contributed by atoms with Gasteiger partial charge in [0.15, 0.2) is 0 Å². The molecule has 1 aliphatic heterocycles. The fourth-order valence-corrected chi connectivity index (χ4v) is 3.65. The molecule has 0 saturated carbocycles. The van der Waals surface area contributed by atoms with Gasteiger partial charge in [0.2, 0.25) is 5.91 Å². The van der Waals surface area contributed by atoms with Crippen LogP contribution in [-0.4, -0.2) is 41.0 Å². The van der Waals surface area contributed by atoms with Gasteiger partial charge >= 0.3 is 5.97 Å². The predicted molar refractivity (Wildman–Crippen MR) is 104 cm³/mol. The molecular weight excluding hydrogens is 359 g/mol. The van der Waals surface area contributed by atoms with Gasteiger partial charge in [0.25, 0.3) is 0 Å². The van der Waals surface area contributed by atoms with Crippen LogP contribution in [0.3, 0.4) is 0 Å². The lowest BCUT2D eigenvalue weighted by Gasteiger charge is -2.32. The Hall–Kier alpha value is -2.73. The molecule has 5 nitrogen and oxygen atoms in total. The first-order valence-corrected chi connectivity index (χ1v) is 9.55. The van der Waals surface area contributed by atoms with Gasteiger partial charge in [-0.1, -0.05) is 42.5 Å². The van der Waals surface area contributed by atoms with Crippen molar-refractivity contribution in [3.8, 4) is 0 Å². The standard InChI is InChI=1S/C22H25FN2O3/c23-19-10-4-8-17(12-19)14-25-11-5-9-18(15-25)21(26)24-20(22(27)28)13-16-6-2-1-3-7-16/h1-4,6-8,10,12,18,20H,5,9,11,13-15H2,(H,24,26)(H,27,28)/t18?,20-/m1/s1. The second-order valence-corrected chi connectivity index (χ2v) is 7.29. The minimum Gasteiger partial charge on any atom is -0.480 e. The number of benzene rings is 2. The molecule has 0 radical (unpaired) electrons. The minimum absolute atomic E-state index is 0.229. The number of nitrogens with one attached hydrogen (secondary N) is 1. The Morgan fingerprint density at radius 1 is 1.14 bits per heavy atom. The predicted octanol–water partition coefficient (Wildman–Crippen LogP) is 2.85. The number of hydrogen-bond acceptors (Lipinski definition) is 3. The molecule has 28 heavy (non-hydrogen) atoms. The van der Waals surface area contributed by atoms with Gasteiger partial charge in [0.05, 0.1) is 5.92 Å². The fourth-order valence-electron chi connectivity index (χ4n) is 3.65. The van der Waals surface area contributed by atoms with Crippen molar-refractivity contribution in [1.29, 1.82) is 0 Å². The first-order chi connectivity index (χ1) is 13.5. The third-order valence-electron chi connectivity index (χ3n) is 5.07. The third-order valence-corrected chi connectivity index (χ3v) is 5.07. The Balaban J connectivity index is 1.58. The van der Waals surface area contributed by atoms with Crippen LogP contribution in [0, 0.1) is 11.7 Å². The van der Waals surface area contributed by atoms with Crippen LogP contribution in [0.2, 0.25) is 0 Å². The number of piperidine rings is 1. The van der Waals surface area contributed by atoms with Crippen LogP contribution in [0.15, 0.2) is 54.6 Å². The number of rotatable bonds is 7. The molecule has 1 amide bonds. The molecule has 148 valence electrons. The highest BCUT2D eigenvalue weighted by Crippen LogP contribution is 2.19. The molecule has 1 unspecified atom stereocenters. The number of aliphatic carboxylic acids is 1. The number of carboxylic acids is 1. The monoisotopic (exact) mass is 384 g/mol. The molecular formula is C22H25FN2O3. The van der Waals surface area contributed by atoms with Crippen molar-refractivity contribution in [3.63, 3.8) is 0 Å². The van der Waals surface area contributed by atoms with Gasteiger partial charge in [-0.2, -0.15) is 0 Å². The number of likely N-dealkylation sites (tertiary alicyclic amines) is 1. The molecule has 1 aliphatic rings. The van der Waals surface area contributed by atoms with E-state index < -0.39 is 12.0 Å². The van der Waals surface area contributed by atoms with Crippen molar-refractivity contribution in [2.75, 3.05) is 13.1 Å². The maximum atomic E-state index is 13.4. The second-order valence-electron chi connectivity index (χ2n) is 7.29. The zero-order chi connectivity index (χ0) is 19.9. The first kappa shape index (κ1) is 20.0. The molecule has 6 heteroatoms. The van der Waals surface area contributed by atoms with Crippen LogP contribution >= 0.6 is 0 Å². The van der Waals surface area contributed by atoms with E-state index in [-0.39, 0.29) is 24.1 Å². The van der Waals surface area contributed by atoms with Crippen molar-refractivity contribution < 1.29 is 19.1 Å². The number of nitrogens with zero attached hydrogens (tertiary/aromatic N) is 1. The van der Waals surface area contributed by atoms with Crippen molar-refractivity contribution in [1.82, 2.24) is 10.2 Å². The summed E-state index contributed by atoms with van der Waals surface area (Å²) in [5.41, 5.74) is 1.74. The number of hydrogen-bond donors (Lipinski definition) is 2. The molecule has 0 bridgehead atoms. The van der Waals surface area contributed by atoms with E-state index in [1.165, 1.54) is 12.1 Å². The Morgan fingerprint density at radius 3 is 2.61 bits per heavy atom. The van der Waals surface area contributed by atoms with E-state index >= 15 is 0 Å². The average molecular weight is 384 g/mol. The van der Waals surface area contributed by atoms with E-state index in [2.05, 4.69) is 10.2 Å². The quantitative estimate of drug-likeness (QED) is 0.770. The van der Waals surface area contributed by atoms with Gasteiger partial charge < -0.3 is 10.4 Å². The highest BCUT2D eigenvalue weighted by atomic mass is 19.1. The Kier molecular flexibility index (Phi) is 6.76. The summed E-state index contributed by atoms with van der Waals surface area (Å²) >= 11 is 0. The Labute approximate surface area is 164 Å². The molecule has 1 fully saturated rings. The van der Waals surface area contributed by atoms with Gasteiger partial charge in [-0.25, -0.2) is 9.18 Å². The van der Waals surface area contributed by atoms with Crippen molar-refractivity contribution in [2.24, 2.45) is 5.92 Å². The Morgan fingerprint density at radius 2 is 1.89 bits per heavy atom. The molecule has 2 N–H and O–H groups in total. The number of carbonyl (C=O) groups is 2. The highest BCUT2D eigenvalue weighted by Gasteiger charge is 2.29. The normalized spacial score (nSPS) is 18.4. The number of halogens is 1. The third kappa shape index (κ3) is 5.63. The van der Waals surface area contributed by atoms with Gasteiger partial charge in [0.1, 0.15) is 11.9 Å². The molecule has 0 spiro atoms. The lowest BCUT2D eigenvalue weighted by Crippen LogP contribution is -2.48. The second kappa shape index (κ2) is 9.46. The van der Waals surface area contributed by atoms with Crippen LogP contribution in [0.4, 0.5) is 4.39 Å². The zero-order valence-corrected chi connectivity index (χ0v) is 15.7. The maximum Gasteiger partial charge on any atom is 0.326 e. The fraction of sp³-hybridized carbons (Fsp3) is 0.364. The summed E-state index contributed by atoms with van der Waals surface area (Å²) in [6, 6.07) is 14.8. The lowest BCUT2D eigenvalue weighted by molar-refractivity contribution is -0.142. The van der Waals surface area contributed by atoms with Crippen molar-refractivity contribution in [2.45, 2.75) is 31.8 Å². The molecule has 2 atom stereocenters. The zero-order valence-electron chi connectivity index (χ0n) is 15.7. The van der Waals surface area contributed by atoms with Crippen molar-refractivity contribution in [3.05, 3.63) is 71.5 Å². The van der Waals surface area contributed by atoms with E-state index in [1.807, 2.05) is 36.4 Å². The molecule has 1 heterocycles. The Bertz CT molecular complexity index is 812. The molecule has 0 aliphatic carbocycles. The van der Waals surface area contributed by atoms with Crippen LogP contribution in [-0.2, 0) is 22.6 Å². The number of carboxylic acid groups (broad SMARTS) is 1. The van der Waals surface area contributed by atoms with Crippen LogP contribution in [0.25, 0.3) is 0 Å². The van der Waals surface area contributed by atoms with Crippen LogP contribution < -0.4 is 5.32 Å². The molecule has 2 aromatic carbocycles. The summed E-state index contributed by atoms with van der Waals surface area (Å²) in [5, 5.41) is 12.2. The summed E-state index contributed by atoms with van der Waals surface area (Å²) < 4.78 is 13.4. The first-order valence-electron chi connectivity index (χ1n) is 9.55. The highest BCUT2D eigenvalue weighted by molar-refractivity contribution is 5.85. The van der Waals surface area contributed by atoms with Crippen LogP contribution in [0.1, 0.15) is 24.0 Å². The number of amides is 1. The maximum absolute atomic E-state index is 13.4. The smallest absolute Gasteiger partial charge is 0.326 e. The average Bonchev–Trinajstić information content (AvgIpc) is 2.68. The van der Waals surface area contributed by atoms with Gasteiger partial charge in [-0.05, 0) is 42.6 Å². The van der Waals surface area contributed by atoms with Crippen molar-refractivity contribution >= 4 is 11.9 Å². The summed E-state index contributed by atoms with van der Waals surface area (Å²) in [6.07, 6.45) is 1.83. The SMILES string of the molecule is O=C(N[C@H](Cc1ccccc1)C(=O)O)C1CCCN(Cc2cccc(F)c2)C1. The van der Waals surface area contributed by atoms with Gasteiger partial charge in [-0.15, -0.1) is 0 Å². The van der Waals surface area contributed by atoms with E-state index in [0.29, 0.717) is 13.1 Å². The van der Waals surface area contributed by atoms with E-state index in [0.717, 1.165) is 30.5 Å². The van der Waals surface area contributed by atoms with E-state index in [9.17, 15) is 19.1 Å². The molecule has 1 saturated heterocycles. The summed E-state index contributed by atoms with van der Waals surface area (Å²) in [5.74, 6) is -1.80. The summed E-state index contributed by atoms with van der Waals surface area (Å²) in [6.45, 7) is 1.96. The number of carbonyl (C=O) groups excluding carboxylic acids is 1. The van der Waals surface area contributed by atoms with E-state index in [1.54, 1.807) is 6.07 Å². The summed E-state index contributed by atoms with van der Waals surface area (Å²) in [7, 11) is 0. The topological polar surface area (TPSA) is 69.6 Å². The summed E-state index contributed by atoms with van der Waals surface area (Å²) in [4.78, 5) is 26.4. The van der Waals surface area contributed by atoms with Crippen LogP contribution in [0.5, 0.6) is 0 Å². The van der Waals surface area contributed by atoms with Gasteiger partial charge in [0, 0.05) is 19.5 Å². The minimum atomic E-state index is -1.04.